The maximum Gasteiger partial charge on any atom is 0.191 e. The van der Waals surface area contributed by atoms with Gasteiger partial charge in [-0.3, -0.25) is 4.99 Å². The van der Waals surface area contributed by atoms with Crippen molar-refractivity contribution >= 4 is 16.9 Å². The summed E-state index contributed by atoms with van der Waals surface area (Å²) in [5, 5.41) is 16.1. The second-order valence-corrected chi connectivity index (χ2v) is 5.90. The van der Waals surface area contributed by atoms with Gasteiger partial charge in [0.1, 0.15) is 17.2 Å². The van der Waals surface area contributed by atoms with Gasteiger partial charge in [0.05, 0.1) is 17.7 Å². The summed E-state index contributed by atoms with van der Waals surface area (Å²) in [6, 6.07) is 16.0. The largest absolute Gasteiger partial charge is 0.459 e. The number of halogens is 1. The van der Waals surface area contributed by atoms with Crippen molar-refractivity contribution in [3.8, 4) is 6.07 Å². The fraction of sp³-hybridized carbons (Fsp3) is 0.200. The molecule has 0 aliphatic rings. The first-order chi connectivity index (χ1) is 12.6. The van der Waals surface area contributed by atoms with Gasteiger partial charge >= 0.3 is 0 Å². The van der Waals surface area contributed by atoms with Gasteiger partial charge in [-0.05, 0) is 31.2 Å². The van der Waals surface area contributed by atoms with Crippen LogP contribution in [0.1, 0.15) is 29.9 Å². The summed E-state index contributed by atoms with van der Waals surface area (Å²) in [6.07, 6.45) is 0. The Morgan fingerprint density at radius 3 is 2.77 bits per heavy atom. The molecule has 132 valence electrons. The molecule has 1 atom stereocenters. The Kier molecular flexibility index (Phi) is 5.18. The van der Waals surface area contributed by atoms with E-state index in [0.29, 0.717) is 17.1 Å². The van der Waals surface area contributed by atoms with Gasteiger partial charge in [-0.25, -0.2) is 4.39 Å². The summed E-state index contributed by atoms with van der Waals surface area (Å²) in [7, 11) is 1.65. The summed E-state index contributed by atoms with van der Waals surface area (Å²) in [6.45, 7) is 2.22. The molecule has 26 heavy (non-hydrogen) atoms. The molecule has 0 saturated carbocycles. The molecule has 0 aliphatic heterocycles. The fourth-order valence-corrected chi connectivity index (χ4v) is 2.63. The van der Waals surface area contributed by atoms with Crippen LogP contribution in [-0.4, -0.2) is 13.0 Å². The molecule has 1 unspecified atom stereocenters. The molecule has 1 heterocycles. The van der Waals surface area contributed by atoms with Crippen LogP contribution >= 0.6 is 0 Å². The number of benzene rings is 2. The zero-order chi connectivity index (χ0) is 18.5. The van der Waals surface area contributed by atoms with Gasteiger partial charge in [0.25, 0.3) is 0 Å². The summed E-state index contributed by atoms with van der Waals surface area (Å²) in [4.78, 5) is 4.16. The van der Waals surface area contributed by atoms with Crippen molar-refractivity contribution < 1.29 is 8.81 Å². The Morgan fingerprint density at radius 2 is 2.08 bits per heavy atom. The Bertz CT molecular complexity index is 954. The second kappa shape index (κ2) is 7.70. The van der Waals surface area contributed by atoms with Gasteiger partial charge in [-0.1, -0.05) is 24.3 Å². The molecular formula is C20H19FN4O. The van der Waals surface area contributed by atoms with Crippen molar-refractivity contribution in [2.24, 2.45) is 4.99 Å². The number of nitrogens with one attached hydrogen (secondary N) is 2. The predicted octanol–water partition coefficient (Wildman–Crippen LogP) is 3.87. The van der Waals surface area contributed by atoms with E-state index >= 15 is 0 Å². The smallest absolute Gasteiger partial charge is 0.191 e. The van der Waals surface area contributed by atoms with Crippen LogP contribution in [0, 0.1) is 17.1 Å². The molecule has 0 radical (unpaired) electrons. The molecule has 5 nitrogen and oxygen atoms in total. The van der Waals surface area contributed by atoms with Crippen molar-refractivity contribution in [2.45, 2.75) is 19.5 Å². The minimum Gasteiger partial charge on any atom is -0.459 e. The van der Waals surface area contributed by atoms with Crippen molar-refractivity contribution in [2.75, 3.05) is 7.05 Å². The molecule has 6 heteroatoms. The third-order valence-electron chi connectivity index (χ3n) is 4.08. The topological polar surface area (TPSA) is 73.3 Å². The highest BCUT2D eigenvalue weighted by atomic mass is 19.1. The molecular weight excluding hydrogens is 331 g/mol. The van der Waals surface area contributed by atoms with Crippen LogP contribution in [0.5, 0.6) is 0 Å². The summed E-state index contributed by atoms with van der Waals surface area (Å²) >= 11 is 0. The number of nitriles is 1. The summed E-state index contributed by atoms with van der Waals surface area (Å²) < 4.78 is 19.8. The van der Waals surface area contributed by atoms with Gasteiger partial charge in [0, 0.05) is 24.5 Å². The number of furan rings is 1. The number of fused-ring (bicyclic) bond motifs is 1. The summed E-state index contributed by atoms with van der Waals surface area (Å²) in [5.41, 5.74) is 1.59. The Hall–Kier alpha value is -3.33. The van der Waals surface area contributed by atoms with Crippen LogP contribution < -0.4 is 10.6 Å². The highest BCUT2D eigenvalue weighted by Gasteiger charge is 2.13. The number of guanidine groups is 1. The van der Waals surface area contributed by atoms with E-state index in [4.69, 9.17) is 9.68 Å². The maximum absolute atomic E-state index is 14.0. The van der Waals surface area contributed by atoms with E-state index in [-0.39, 0.29) is 12.6 Å². The molecule has 0 bridgehead atoms. The van der Waals surface area contributed by atoms with Gasteiger partial charge in [0.15, 0.2) is 5.96 Å². The van der Waals surface area contributed by atoms with E-state index in [1.165, 1.54) is 6.07 Å². The third-order valence-corrected chi connectivity index (χ3v) is 4.08. The average Bonchev–Trinajstić information content (AvgIpc) is 3.10. The number of hydrogen-bond donors (Lipinski definition) is 2. The van der Waals surface area contributed by atoms with Crippen LogP contribution in [0.3, 0.4) is 0 Å². The Balaban J connectivity index is 1.65. The molecule has 0 aliphatic carbocycles. The number of para-hydroxylation sites is 1. The fourth-order valence-electron chi connectivity index (χ4n) is 2.63. The van der Waals surface area contributed by atoms with Crippen LogP contribution in [-0.2, 0) is 6.54 Å². The molecule has 3 aromatic rings. The highest BCUT2D eigenvalue weighted by Crippen LogP contribution is 2.23. The lowest BCUT2D eigenvalue weighted by Gasteiger charge is -2.16. The second-order valence-electron chi connectivity index (χ2n) is 5.90. The molecule has 3 rings (SSSR count). The SMILES string of the molecule is CN=C(NCc1ccc(C#N)cc1F)NC(C)c1cc2ccccc2o1. The van der Waals surface area contributed by atoms with Crippen molar-refractivity contribution in [3.63, 3.8) is 0 Å². The van der Waals surface area contributed by atoms with E-state index in [1.807, 2.05) is 43.3 Å². The number of nitrogens with zero attached hydrogens (tertiary/aromatic N) is 2. The molecule has 0 saturated heterocycles. The lowest BCUT2D eigenvalue weighted by atomic mass is 10.1. The first-order valence-corrected chi connectivity index (χ1v) is 8.25. The maximum atomic E-state index is 14.0. The Morgan fingerprint density at radius 1 is 1.27 bits per heavy atom. The standard InChI is InChI=1S/C20H19FN4O/c1-13(19-10-15-5-3-4-6-18(15)26-19)25-20(23-2)24-12-16-8-7-14(11-22)9-17(16)21/h3-10,13H,12H2,1-2H3,(H2,23,24,25). The molecule has 1 aromatic heterocycles. The van der Waals surface area contributed by atoms with Crippen molar-refractivity contribution in [1.82, 2.24) is 10.6 Å². The van der Waals surface area contributed by atoms with Crippen LogP contribution in [0.15, 0.2) is 57.9 Å². The van der Waals surface area contributed by atoms with Gasteiger partial charge < -0.3 is 15.1 Å². The molecule has 0 spiro atoms. The van der Waals surface area contributed by atoms with Gasteiger partial charge in [0.2, 0.25) is 0 Å². The van der Waals surface area contributed by atoms with Crippen LogP contribution in [0.2, 0.25) is 0 Å². The average molecular weight is 350 g/mol. The van der Waals surface area contributed by atoms with Gasteiger partial charge in [-0.15, -0.1) is 0 Å². The van der Waals surface area contributed by atoms with E-state index in [0.717, 1.165) is 16.7 Å². The van der Waals surface area contributed by atoms with E-state index in [1.54, 1.807) is 19.2 Å². The minimum absolute atomic E-state index is 0.112. The van der Waals surface area contributed by atoms with Crippen LogP contribution in [0.25, 0.3) is 11.0 Å². The normalized spacial score (nSPS) is 12.6. The van der Waals surface area contributed by atoms with Gasteiger partial charge in [-0.2, -0.15) is 5.26 Å². The summed E-state index contributed by atoms with van der Waals surface area (Å²) in [5.74, 6) is 0.901. The van der Waals surface area contributed by atoms with Crippen molar-refractivity contribution in [1.29, 1.82) is 5.26 Å². The lowest BCUT2D eigenvalue weighted by molar-refractivity contribution is 0.488. The molecule has 2 N–H and O–H groups in total. The Labute approximate surface area is 151 Å². The number of rotatable bonds is 4. The number of aliphatic imine (C=N–C) groups is 1. The van der Waals surface area contributed by atoms with E-state index in [9.17, 15) is 4.39 Å². The quantitative estimate of drug-likeness (QED) is 0.553. The highest BCUT2D eigenvalue weighted by molar-refractivity contribution is 5.81. The lowest BCUT2D eigenvalue weighted by Crippen LogP contribution is -2.38. The minimum atomic E-state index is -0.419. The first kappa shape index (κ1) is 17.5. The third kappa shape index (κ3) is 3.83. The molecule has 0 fully saturated rings. The number of hydrogen-bond acceptors (Lipinski definition) is 3. The van der Waals surface area contributed by atoms with E-state index in [2.05, 4.69) is 15.6 Å². The van der Waals surface area contributed by atoms with E-state index < -0.39 is 5.82 Å². The predicted molar refractivity (Wildman–Crippen MR) is 99.1 cm³/mol. The first-order valence-electron chi connectivity index (χ1n) is 8.25. The molecule has 0 amide bonds. The van der Waals surface area contributed by atoms with Crippen LogP contribution in [0.4, 0.5) is 4.39 Å². The monoisotopic (exact) mass is 350 g/mol. The zero-order valence-electron chi connectivity index (χ0n) is 14.6. The zero-order valence-corrected chi connectivity index (χ0v) is 14.6. The molecule has 2 aromatic carbocycles. The van der Waals surface area contributed by atoms with Crippen molar-refractivity contribution in [3.05, 3.63) is 71.2 Å².